The van der Waals surface area contributed by atoms with Crippen LogP contribution in [-0.4, -0.2) is 158 Å². The van der Waals surface area contributed by atoms with Crippen molar-refractivity contribution in [2.24, 2.45) is 5.73 Å². The lowest BCUT2D eigenvalue weighted by Crippen LogP contribution is -2.47. The van der Waals surface area contributed by atoms with E-state index in [1.54, 1.807) is 18.6 Å². The van der Waals surface area contributed by atoms with Gasteiger partial charge in [0.1, 0.15) is 23.5 Å². The third kappa shape index (κ3) is 11.7. The van der Waals surface area contributed by atoms with Crippen LogP contribution < -0.4 is 26.6 Å². The number of pyridine rings is 1. The molecule has 0 aliphatic carbocycles. The molecule has 1 aromatic carbocycles. The van der Waals surface area contributed by atoms with Crippen molar-refractivity contribution in [1.29, 1.82) is 0 Å². The molecule has 0 bridgehead atoms. The Balaban J connectivity index is 0.592. The van der Waals surface area contributed by atoms with E-state index in [1.807, 2.05) is 27.9 Å². The van der Waals surface area contributed by atoms with Crippen LogP contribution in [0.3, 0.4) is 0 Å². The molecule has 0 unspecified atom stereocenters. The number of nitrogens with two attached hydrogens (primary N) is 2. The molecule has 2 aliphatic heterocycles. The van der Waals surface area contributed by atoms with Crippen LogP contribution in [0.25, 0.3) is 33.3 Å². The summed E-state index contributed by atoms with van der Waals surface area (Å²) in [5.74, 6) is 1.42. The Bertz CT molecular complexity index is 2810. The molecule has 2 aliphatic rings. The Labute approximate surface area is 397 Å². The second-order valence-electron chi connectivity index (χ2n) is 16.6. The second kappa shape index (κ2) is 22.7. The van der Waals surface area contributed by atoms with Crippen molar-refractivity contribution in [1.82, 2.24) is 59.9 Å². The van der Waals surface area contributed by atoms with Gasteiger partial charge in [0.15, 0.2) is 5.65 Å². The van der Waals surface area contributed by atoms with Gasteiger partial charge in [0.05, 0.1) is 76.8 Å². The zero-order valence-electron chi connectivity index (χ0n) is 38.3. The lowest BCUT2D eigenvalue weighted by molar-refractivity contribution is -0.133. The van der Waals surface area contributed by atoms with E-state index in [-0.39, 0.29) is 11.8 Å². The molecule has 22 heteroatoms. The molecule has 6 aromatic heterocycles. The predicted molar refractivity (Wildman–Crippen MR) is 256 cm³/mol. The van der Waals surface area contributed by atoms with Gasteiger partial charge in [-0.2, -0.15) is 5.10 Å². The number of ether oxygens (including phenoxy) is 4. The number of fused-ring (bicyclic) bond motifs is 3. The summed E-state index contributed by atoms with van der Waals surface area (Å²) in [4.78, 5) is 65.8. The molecule has 8 heterocycles. The second-order valence-corrected chi connectivity index (χ2v) is 16.6. The van der Waals surface area contributed by atoms with Gasteiger partial charge in [-0.1, -0.05) is 18.2 Å². The first-order chi connectivity index (χ1) is 33.9. The Morgan fingerprint density at radius 1 is 0.710 bits per heavy atom. The number of carbonyl (C=O) groups is 2. The Morgan fingerprint density at radius 2 is 1.39 bits per heavy atom. The fraction of sp³-hybridized carbons (Fsp3) is 0.404. The van der Waals surface area contributed by atoms with Crippen LogP contribution in [0.2, 0.25) is 0 Å². The molecule has 0 radical (unpaired) electrons. The first-order valence-electron chi connectivity index (χ1n) is 23.1. The van der Waals surface area contributed by atoms with Crippen LogP contribution in [0.5, 0.6) is 0 Å². The first-order valence-corrected chi connectivity index (χ1v) is 23.1. The number of H-pyrrole nitrogens is 1. The predicted octanol–water partition coefficient (Wildman–Crippen LogP) is 2.14. The number of hydrogen-bond donors (Lipinski definition) is 4. The lowest BCUT2D eigenvalue weighted by atomic mass is 9.97. The van der Waals surface area contributed by atoms with Gasteiger partial charge in [-0.25, -0.2) is 39.6 Å². The standard InChI is InChI=1S/C47H56N16O6/c48-23-33-24-53-46(54-25-33)60-9-11-61(12-10-60)47-55-27-38(28-56-47)45(65)51-7-14-67-16-18-69-20-19-68-17-15-66-13-5-39(64)62-8-4-34-21-32(1-2-36(34)30-62)29-63-44-40(42(49)57-31-58-44)41(59-63)37-22-35-3-6-50-43(35)52-26-37/h1-3,6,21-22,24-28,31H,4-5,7-20,23,29-30,48H2,(H,50,52)(H,51,65)(H2,49,57,58). The summed E-state index contributed by atoms with van der Waals surface area (Å²) in [7, 11) is 0. The van der Waals surface area contributed by atoms with Crippen molar-refractivity contribution in [3.8, 4) is 11.3 Å². The van der Waals surface area contributed by atoms with E-state index in [4.69, 9.17) is 35.5 Å². The summed E-state index contributed by atoms with van der Waals surface area (Å²) < 4.78 is 24.3. The summed E-state index contributed by atoms with van der Waals surface area (Å²) >= 11 is 0. The summed E-state index contributed by atoms with van der Waals surface area (Å²) in [6.45, 7) is 8.37. The number of carbonyl (C=O) groups excluding carboxylic acids is 2. The SMILES string of the molecule is NCc1cnc(N2CCN(c3ncc(C(=O)NCCOCCOCCOCCOCCC(=O)N4CCc5cc(Cn6nc(-c7cnc8[nH]ccc8c7)c7c(N)ncnc76)ccc5C4)cn3)CC2)nc1. The molecule has 1 fully saturated rings. The molecule has 22 nitrogen and oxygen atoms in total. The summed E-state index contributed by atoms with van der Waals surface area (Å²) in [6.07, 6.45) is 12.7. The maximum atomic E-state index is 13.1. The largest absolute Gasteiger partial charge is 0.383 e. The Morgan fingerprint density at radius 3 is 2.10 bits per heavy atom. The van der Waals surface area contributed by atoms with Gasteiger partial charge in [-0.15, -0.1) is 0 Å². The number of hydrogen-bond acceptors (Lipinski definition) is 18. The molecule has 360 valence electrons. The van der Waals surface area contributed by atoms with E-state index in [1.165, 1.54) is 24.3 Å². The van der Waals surface area contributed by atoms with Crippen molar-refractivity contribution in [3.05, 3.63) is 102 Å². The number of anilines is 3. The topological polar surface area (TPSA) is 269 Å². The Hall–Kier alpha value is -7.24. The third-order valence-corrected chi connectivity index (χ3v) is 12.0. The third-order valence-electron chi connectivity index (χ3n) is 12.0. The van der Waals surface area contributed by atoms with Crippen molar-refractivity contribution < 1.29 is 28.5 Å². The van der Waals surface area contributed by atoms with Crippen LogP contribution in [0.1, 0.15) is 39.0 Å². The maximum absolute atomic E-state index is 13.1. The normalized spacial score (nSPS) is 13.9. The zero-order chi connectivity index (χ0) is 47.4. The molecular weight excluding hydrogens is 885 g/mol. The average molecular weight is 941 g/mol. The molecule has 7 aromatic rings. The van der Waals surface area contributed by atoms with Crippen molar-refractivity contribution >= 4 is 51.6 Å². The van der Waals surface area contributed by atoms with Crippen LogP contribution in [0, 0.1) is 0 Å². The van der Waals surface area contributed by atoms with E-state index in [0.717, 1.165) is 52.8 Å². The van der Waals surface area contributed by atoms with E-state index >= 15 is 0 Å². The van der Waals surface area contributed by atoms with Crippen LogP contribution in [0.15, 0.2) is 73.8 Å². The van der Waals surface area contributed by atoms with Crippen LogP contribution >= 0.6 is 0 Å². The van der Waals surface area contributed by atoms with Gasteiger partial charge in [-0.05, 0) is 35.2 Å². The highest BCUT2D eigenvalue weighted by Crippen LogP contribution is 2.32. The fourth-order valence-electron chi connectivity index (χ4n) is 8.25. The van der Waals surface area contributed by atoms with Crippen molar-refractivity contribution in [2.75, 3.05) is 108 Å². The number of nitrogens with one attached hydrogen (secondary N) is 2. The van der Waals surface area contributed by atoms with E-state index < -0.39 is 0 Å². The number of nitrogen functional groups attached to an aromatic ring is 1. The molecular formula is C47H56N16O6. The van der Waals surface area contributed by atoms with Gasteiger partial charge >= 0.3 is 0 Å². The minimum atomic E-state index is -0.266. The Kier molecular flexibility index (Phi) is 15.4. The molecule has 0 spiro atoms. The highest BCUT2D eigenvalue weighted by Gasteiger charge is 2.24. The van der Waals surface area contributed by atoms with Crippen molar-refractivity contribution in [3.63, 3.8) is 0 Å². The monoisotopic (exact) mass is 940 g/mol. The number of piperazine rings is 1. The highest BCUT2D eigenvalue weighted by atomic mass is 16.6. The summed E-state index contributed by atoms with van der Waals surface area (Å²) in [5.41, 5.74) is 19.7. The van der Waals surface area contributed by atoms with Gasteiger partial charge in [0.2, 0.25) is 17.8 Å². The summed E-state index contributed by atoms with van der Waals surface area (Å²) in [5, 5.41) is 9.44. The van der Waals surface area contributed by atoms with Gasteiger partial charge in [-0.3, -0.25) is 9.59 Å². The van der Waals surface area contributed by atoms with E-state index in [2.05, 4.69) is 73.2 Å². The number of rotatable bonds is 22. The highest BCUT2D eigenvalue weighted by molar-refractivity contribution is 5.99. The van der Waals surface area contributed by atoms with Gasteiger partial charge in [0.25, 0.3) is 5.91 Å². The number of benzene rings is 1. The fourth-order valence-corrected chi connectivity index (χ4v) is 8.25. The minimum absolute atomic E-state index is 0.0630. The van der Waals surface area contributed by atoms with Crippen LogP contribution in [0.4, 0.5) is 17.7 Å². The molecule has 1 saturated heterocycles. The zero-order valence-corrected chi connectivity index (χ0v) is 38.3. The molecule has 2 amide bonds. The maximum Gasteiger partial charge on any atom is 0.254 e. The quantitative estimate of drug-likeness (QED) is 0.0709. The van der Waals surface area contributed by atoms with Crippen LogP contribution in [-0.2, 0) is 49.8 Å². The lowest BCUT2D eigenvalue weighted by Gasteiger charge is -2.34. The first kappa shape index (κ1) is 46.9. The van der Waals surface area contributed by atoms with Gasteiger partial charge in [0, 0.05) is 106 Å². The number of aromatic amines is 1. The average Bonchev–Trinajstić information content (AvgIpc) is 4.02. The van der Waals surface area contributed by atoms with E-state index in [0.29, 0.717) is 145 Å². The smallest absolute Gasteiger partial charge is 0.254 e. The minimum Gasteiger partial charge on any atom is -0.383 e. The number of aromatic nitrogens is 10. The summed E-state index contributed by atoms with van der Waals surface area (Å²) in [6, 6.07) is 10.4. The molecule has 0 atom stereocenters. The number of amides is 2. The molecule has 9 rings (SSSR count). The molecule has 6 N–H and O–H groups in total. The number of nitrogens with zero attached hydrogens (tertiary/aromatic N) is 12. The molecule has 0 saturated carbocycles. The van der Waals surface area contributed by atoms with Gasteiger partial charge < -0.3 is 55.4 Å². The molecule has 69 heavy (non-hydrogen) atoms. The van der Waals surface area contributed by atoms with E-state index in [9.17, 15) is 9.59 Å². The van der Waals surface area contributed by atoms with Crippen molar-refractivity contribution in [2.45, 2.75) is 32.5 Å².